The van der Waals surface area contributed by atoms with E-state index in [1.807, 2.05) is 11.8 Å². The molecule has 2 bridgehead atoms. The summed E-state index contributed by atoms with van der Waals surface area (Å²) in [6, 6.07) is 0. The summed E-state index contributed by atoms with van der Waals surface area (Å²) in [7, 11) is 0. The second-order valence-corrected chi connectivity index (χ2v) is 6.26. The summed E-state index contributed by atoms with van der Waals surface area (Å²) < 4.78 is 5.10. The fraction of sp³-hybridized carbons (Fsp3) is 0.750. The van der Waals surface area contributed by atoms with Gasteiger partial charge < -0.3 is 9.64 Å². The van der Waals surface area contributed by atoms with Crippen LogP contribution in [0.2, 0.25) is 0 Å². The lowest BCUT2D eigenvalue weighted by Gasteiger charge is -2.34. The molecule has 0 aromatic heterocycles. The molecule has 0 N–H and O–H groups in total. The molecule has 1 saturated carbocycles. The highest BCUT2D eigenvalue weighted by atomic mass is 16.5. The molecule has 4 nitrogen and oxygen atoms in total. The van der Waals surface area contributed by atoms with Crippen molar-refractivity contribution >= 4 is 11.9 Å². The van der Waals surface area contributed by atoms with E-state index in [1.54, 1.807) is 0 Å². The maximum Gasteiger partial charge on any atom is 0.310 e. The number of fused-ring (bicyclic) bond motifs is 2. The van der Waals surface area contributed by atoms with Crippen molar-refractivity contribution in [3.63, 3.8) is 0 Å². The van der Waals surface area contributed by atoms with E-state index in [0.29, 0.717) is 25.0 Å². The largest absolute Gasteiger partial charge is 0.466 e. The predicted molar refractivity (Wildman–Crippen MR) is 74.8 cm³/mol. The first kappa shape index (κ1) is 13.7. The number of likely N-dealkylation sites (tertiary alicyclic amines) is 1. The van der Waals surface area contributed by atoms with E-state index < -0.39 is 0 Å². The zero-order chi connectivity index (χ0) is 14.1. The first-order valence-corrected chi connectivity index (χ1v) is 7.82. The summed E-state index contributed by atoms with van der Waals surface area (Å²) in [4.78, 5) is 26.4. The van der Waals surface area contributed by atoms with Gasteiger partial charge >= 0.3 is 5.97 Å². The maximum atomic E-state index is 12.7. The van der Waals surface area contributed by atoms with Crippen molar-refractivity contribution in [1.29, 1.82) is 0 Å². The van der Waals surface area contributed by atoms with Gasteiger partial charge in [-0.2, -0.15) is 0 Å². The molecule has 1 saturated heterocycles. The summed E-state index contributed by atoms with van der Waals surface area (Å²) in [5, 5.41) is 0. The van der Waals surface area contributed by atoms with Crippen LogP contribution >= 0.6 is 0 Å². The lowest BCUT2D eigenvalue weighted by atomic mass is 9.90. The summed E-state index contributed by atoms with van der Waals surface area (Å²) in [5.41, 5.74) is 0. The fourth-order valence-corrected chi connectivity index (χ4v) is 3.93. The number of hydrogen-bond donors (Lipinski definition) is 0. The fourth-order valence-electron chi connectivity index (χ4n) is 3.93. The van der Waals surface area contributed by atoms with Crippen molar-refractivity contribution in [2.45, 2.75) is 32.6 Å². The topological polar surface area (TPSA) is 46.6 Å². The molecule has 3 rings (SSSR count). The smallest absolute Gasteiger partial charge is 0.310 e. The normalized spacial score (nSPS) is 35.4. The van der Waals surface area contributed by atoms with Crippen molar-refractivity contribution in [2.24, 2.45) is 23.7 Å². The zero-order valence-corrected chi connectivity index (χ0v) is 12.1. The van der Waals surface area contributed by atoms with E-state index in [-0.39, 0.29) is 23.7 Å². The van der Waals surface area contributed by atoms with Gasteiger partial charge in [0, 0.05) is 19.0 Å². The highest BCUT2D eigenvalue weighted by molar-refractivity contribution is 5.81. The van der Waals surface area contributed by atoms with Crippen molar-refractivity contribution in [3.05, 3.63) is 12.2 Å². The molecule has 4 heteroatoms. The van der Waals surface area contributed by atoms with E-state index in [1.165, 1.54) is 0 Å². The third kappa shape index (κ3) is 2.48. The number of ether oxygens (including phenoxy) is 1. The molecule has 1 heterocycles. The van der Waals surface area contributed by atoms with Gasteiger partial charge in [0.1, 0.15) is 0 Å². The number of piperidine rings is 1. The molecule has 3 unspecified atom stereocenters. The Morgan fingerprint density at radius 3 is 2.80 bits per heavy atom. The summed E-state index contributed by atoms with van der Waals surface area (Å²) in [5.74, 6) is 1.21. The molecule has 2 aliphatic carbocycles. The number of nitrogens with zero attached hydrogens (tertiary/aromatic N) is 1. The second kappa shape index (κ2) is 5.58. The number of allylic oxidation sites excluding steroid dienone is 2. The molecule has 20 heavy (non-hydrogen) atoms. The van der Waals surface area contributed by atoms with Crippen LogP contribution in [0, 0.1) is 23.7 Å². The minimum Gasteiger partial charge on any atom is -0.466 e. The SMILES string of the molecule is CCOC(=O)[C@H]1CCCN(C(=O)C2CC3C=CC2C3)C1. The molecular formula is C16H23NO3. The Kier molecular flexibility index (Phi) is 3.81. The van der Waals surface area contributed by atoms with Gasteiger partial charge in [0.05, 0.1) is 12.5 Å². The number of hydrogen-bond acceptors (Lipinski definition) is 3. The van der Waals surface area contributed by atoms with Crippen LogP contribution in [0.25, 0.3) is 0 Å². The van der Waals surface area contributed by atoms with Crippen LogP contribution < -0.4 is 0 Å². The quantitative estimate of drug-likeness (QED) is 0.585. The highest BCUT2D eigenvalue weighted by Crippen LogP contribution is 2.44. The molecule has 110 valence electrons. The standard InChI is InChI=1S/C16H23NO3/c1-2-20-16(19)13-4-3-7-17(10-13)15(18)14-9-11-5-6-12(14)8-11/h5-6,11-14H,2-4,7-10H2,1H3/t11?,12?,13-,14?/m0/s1. The van der Waals surface area contributed by atoms with E-state index in [2.05, 4.69) is 12.2 Å². The van der Waals surface area contributed by atoms with Crippen LogP contribution in [0.1, 0.15) is 32.6 Å². The van der Waals surface area contributed by atoms with Crippen LogP contribution in [0.3, 0.4) is 0 Å². The lowest BCUT2D eigenvalue weighted by molar-refractivity contribution is -0.152. The Hall–Kier alpha value is -1.32. The number of carbonyl (C=O) groups is 2. The van der Waals surface area contributed by atoms with Crippen LogP contribution in [0.5, 0.6) is 0 Å². The van der Waals surface area contributed by atoms with Crippen molar-refractivity contribution < 1.29 is 14.3 Å². The van der Waals surface area contributed by atoms with E-state index in [9.17, 15) is 9.59 Å². The molecule has 0 spiro atoms. The van der Waals surface area contributed by atoms with Gasteiger partial charge in [-0.1, -0.05) is 12.2 Å². The number of carbonyl (C=O) groups excluding carboxylic acids is 2. The molecule has 3 aliphatic rings. The maximum absolute atomic E-state index is 12.7. The van der Waals surface area contributed by atoms with E-state index >= 15 is 0 Å². The first-order valence-electron chi connectivity index (χ1n) is 7.82. The summed E-state index contributed by atoms with van der Waals surface area (Å²) in [6.07, 6.45) is 8.37. The lowest BCUT2D eigenvalue weighted by Crippen LogP contribution is -2.46. The highest BCUT2D eigenvalue weighted by Gasteiger charge is 2.42. The van der Waals surface area contributed by atoms with Gasteiger partial charge in [-0.25, -0.2) is 0 Å². The van der Waals surface area contributed by atoms with Crippen molar-refractivity contribution in [3.8, 4) is 0 Å². The van der Waals surface area contributed by atoms with Crippen molar-refractivity contribution in [2.75, 3.05) is 19.7 Å². The van der Waals surface area contributed by atoms with Gasteiger partial charge in [-0.15, -0.1) is 0 Å². The average molecular weight is 277 g/mol. The molecule has 0 aromatic rings. The van der Waals surface area contributed by atoms with E-state index in [0.717, 1.165) is 32.2 Å². The van der Waals surface area contributed by atoms with Crippen LogP contribution in [-0.4, -0.2) is 36.5 Å². The molecular weight excluding hydrogens is 254 g/mol. The predicted octanol–water partition coefficient (Wildman–Crippen LogP) is 2.00. The monoisotopic (exact) mass is 277 g/mol. The average Bonchev–Trinajstić information content (AvgIpc) is 3.09. The third-order valence-electron chi connectivity index (χ3n) is 4.95. The van der Waals surface area contributed by atoms with Gasteiger partial charge in [-0.3, -0.25) is 9.59 Å². The molecule has 2 fully saturated rings. The van der Waals surface area contributed by atoms with Crippen molar-refractivity contribution in [1.82, 2.24) is 4.90 Å². The molecule has 0 radical (unpaired) electrons. The minimum atomic E-state index is -0.141. The van der Waals surface area contributed by atoms with Crippen LogP contribution in [0.4, 0.5) is 0 Å². The van der Waals surface area contributed by atoms with Crippen LogP contribution in [-0.2, 0) is 14.3 Å². The Balaban J connectivity index is 1.60. The zero-order valence-electron chi connectivity index (χ0n) is 12.1. The number of amides is 1. The van der Waals surface area contributed by atoms with Gasteiger partial charge in [0.2, 0.25) is 5.91 Å². The summed E-state index contributed by atoms with van der Waals surface area (Å²) in [6.45, 7) is 3.59. The Morgan fingerprint density at radius 2 is 2.15 bits per heavy atom. The molecule has 0 aromatic carbocycles. The van der Waals surface area contributed by atoms with Gasteiger partial charge in [0.25, 0.3) is 0 Å². The second-order valence-electron chi connectivity index (χ2n) is 6.26. The molecule has 1 amide bonds. The summed E-state index contributed by atoms with van der Waals surface area (Å²) >= 11 is 0. The Labute approximate surface area is 120 Å². The minimum absolute atomic E-state index is 0.123. The number of esters is 1. The molecule has 4 atom stereocenters. The molecule has 1 aliphatic heterocycles. The first-order chi connectivity index (χ1) is 9.69. The Bertz CT molecular complexity index is 431. The van der Waals surface area contributed by atoms with Gasteiger partial charge in [-0.05, 0) is 44.4 Å². The third-order valence-corrected chi connectivity index (χ3v) is 4.95. The Morgan fingerprint density at radius 1 is 1.30 bits per heavy atom. The van der Waals surface area contributed by atoms with Gasteiger partial charge in [0.15, 0.2) is 0 Å². The van der Waals surface area contributed by atoms with Crippen LogP contribution in [0.15, 0.2) is 12.2 Å². The van der Waals surface area contributed by atoms with E-state index in [4.69, 9.17) is 4.74 Å². The number of rotatable bonds is 3.